The van der Waals surface area contributed by atoms with Crippen molar-refractivity contribution in [1.29, 1.82) is 0 Å². The predicted molar refractivity (Wildman–Crippen MR) is 94.9 cm³/mol. The van der Waals surface area contributed by atoms with Crippen molar-refractivity contribution in [2.75, 3.05) is 19.4 Å². The molecule has 0 spiro atoms. The Kier molecular flexibility index (Phi) is 7.52. The first-order valence-electron chi connectivity index (χ1n) is 7.85. The summed E-state index contributed by atoms with van der Waals surface area (Å²) >= 11 is 0. The monoisotopic (exact) mass is 339 g/mol. The summed E-state index contributed by atoms with van der Waals surface area (Å²) in [6, 6.07) is 7.20. The van der Waals surface area contributed by atoms with Crippen LogP contribution in [0.2, 0.25) is 0 Å². The molecular formula is C17H26ClN3O2. The van der Waals surface area contributed by atoms with Crippen molar-refractivity contribution in [3.8, 4) is 0 Å². The number of rotatable bonds is 4. The van der Waals surface area contributed by atoms with Crippen molar-refractivity contribution in [3.63, 3.8) is 0 Å². The molecule has 1 fully saturated rings. The predicted octanol–water partition coefficient (Wildman–Crippen LogP) is 2.66. The molecule has 0 heterocycles. The van der Waals surface area contributed by atoms with Crippen molar-refractivity contribution in [2.45, 2.75) is 38.1 Å². The van der Waals surface area contributed by atoms with Gasteiger partial charge in [0.1, 0.15) is 0 Å². The molecule has 1 aromatic carbocycles. The summed E-state index contributed by atoms with van der Waals surface area (Å²) in [5, 5.41) is 2.87. The van der Waals surface area contributed by atoms with Gasteiger partial charge in [-0.25, -0.2) is 0 Å². The number of nitrogens with two attached hydrogens (primary N) is 1. The summed E-state index contributed by atoms with van der Waals surface area (Å²) in [6.07, 6.45) is 4.72. The Morgan fingerprint density at radius 3 is 2.52 bits per heavy atom. The highest BCUT2D eigenvalue weighted by Crippen LogP contribution is 2.26. The lowest BCUT2D eigenvalue weighted by Gasteiger charge is -2.28. The topological polar surface area (TPSA) is 75.4 Å². The standard InChI is InChI=1S/C17H25N3O2.ClH/c1-20(2)17(22)13-8-4-6-10-15(13)19-16(21)11-12-7-3-5-9-14(12)18;/h4,6,8,10,12,14H,3,5,7,9,11,18H2,1-2H3,(H,19,21);1H. The maximum absolute atomic E-state index is 12.3. The zero-order valence-electron chi connectivity index (χ0n) is 13.7. The van der Waals surface area contributed by atoms with Crippen molar-refractivity contribution < 1.29 is 9.59 Å². The van der Waals surface area contributed by atoms with E-state index in [4.69, 9.17) is 5.73 Å². The van der Waals surface area contributed by atoms with Crippen molar-refractivity contribution in [1.82, 2.24) is 4.90 Å². The van der Waals surface area contributed by atoms with E-state index in [0.29, 0.717) is 17.7 Å². The molecule has 5 nitrogen and oxygen atoms in total. The van der Waals surface area contributed by atoms with E-state index in [1.165, 1.54) is 4.90 Å². The highest BCUT2D eigenvalue weighted by atomic mass is 35.5. The van der Waals surface area contributed by atoms with Crippen LogP contribution in [-0.2, 0) is 4.79 Å². The lowest BCUT2D eigenvalue weighted by atomic mass is 9.83. The Bertz CT molecular complexity index is 548. The zero-order valence-corrected chi connectivity index (χ0v) is 14.6. The van der Waals surface area contributed by atoms with E-state index in [2.05, 4.69) is 5.32 Å². The molecule has 6 heteroatoms. The molecule has 2 amide bonds. The average Bonchev–Trinajstić information content (AvgIpc) is 2.49. The lowest BCUT2D eigenvalue weighted by molar-refractivity contribution is -0.117. The van der Waals surface area contributed by atoms with Crippen LogP contribution < -0.4 is 11.1 Å². The second kappa shape index (κ2) is 8.89. The van der Waals surface area contributed by atoms with E-state index in [9.17, 15) is 9.59 Å². The molecule has 0 radical (unpaired) electrons. The average molecular weight is 340 g/mol. The Balaban J connectivity index is 0.00000264. The van der Waals surface area contributed by atoms with Gasteiger partial charge in [-0.1, -0.05) is 25.0 Å². The van der Waals surface area contributed by atoms with Gasteiger partial charge in [0.15, 0.2) is 0 Å². The smallest absolute Gasteiger partial charge is 0.255 e. The molecule has 1 aromatic rings. The number of halogens is 1. The third kappa shape index (κ3) is 5.22. The third-order valence-corrected chi connectivity index (χ3v) is 4.25. The number of benzene rings is 1. The molecule has 0 bridgehead atoms. The molecule has 0 saturated heterocycles. The van der Waals surface area contributed by atoms with Gasteiger partial charge in [0, 0.05) is 26.6 Å². The summed E-state index contributed by atoms with van der Waals surface area (Å²) in [5.74, 6) is 0.0529. The number of hydrogen-bond acceptors (Lipinski definition) is 3. The number of amides is 2. The molecule has 23 heavy (non-hydrogen) atoms. The second-order valence-corrected chi connectivity index (χ2v) is 6.21. The summed E-state index contributed by atoms with van der Waals surface area (Å²) in [6.45, 7) is 0. The lowest BCUT2D eigenvalue weighted by Crippen LogP contribution is -2.35. The maximum atomic E-state index is 12.3. The van der Waals surface area contributed by atoms with Crippen LogP contribution in [-0.4, -0.2) is 36.9 Å². The third-order valence-electron chi connectivity index (χ3n) is 4.25. The first-order chi connectivity index (χ1) is 10.5. The fourth-order valence-electron chi connectivity index (χ4n) is 2.95. The number of nitrogens with one attached hydrogen (secondary N) is 1. The van der Waals surface area contributed by atoms with Crippen LogP contribution in [0.25, 0.3) is 0 Å². The Hall–Kier alpha value is -1.59. The van der Waals surface area contributed by atoms with Crippen LogP contribution in [0.15, 0.2) is 24.3 Å². The van der Waals surface area contributed by atoms with Crippen LogP contribution in [0, 0.1) is 5.92 Å². The van der Waals surface area contributed by atoms with Gasteiger partial charge in [0.05, 0.1) is 11.3 Å². The van der Waals surface area contributed by atoms with Gasteiger partial charge in [-0.3, -0.25) is 9.59 Å². The van der Waals surface area contributed by atoms with Crippen LogP contribution >= 0.6 is 12.4 Å². The number of anilines is 1. The Labute approximate surface area is 144 Å². The summed E-state index contributed by atoms with van der Waals surface area (Å²) in [4.78, 5) is 25.9. The maximum Gasteiger partial charge on any atom is 0.255 e. The largest absolute Gasteiger partial charge is 0.345 e. The highest BCUT2D eigenvalue weighted by molar-refractivity contribution is 6.03. The fraction of sp³-hybridized carbons (Fsp3) is 0.529. The molecular weight excluding hydrogens is 314 g/mol. The molecule has 0 aromatic heterocycles. The van der Waals surface area contributed by atoms with Gasteiger partial charge in [-0.15, -0.1) is 12.4 Å². The van der Waals surface area contributed by atoms with Crippen LogP contribution in [0.4, 0.5) is 5.69 Å². The fourth-order valence-corrected chi connectivity index (χ4v) is 2.95. The van der Waals surface area contributed by atoms with Crippen molar-refractivity contribution >= 4 is 29.9 Å². The van der Waals surface area contributed by atoms with Gasteiger partial charge < -0.3 is 16.0 Å². The first kappa shape index (κ1) is 19.5. The second-order valence-electron chi connectivity index (χ2n) is 6.21. The van der Waals surface area contributed by atoms with Gasteiger partial charge in [0.25, 0.3) is 5.91 Å². The first-order valence-corrected chi connectivity index (χ1v) is 7.85. The van der Waals surface area contributed by atoms with Crippen LogP contribution in [0.3, 0.4) is 0 Å². The molecule has 0 aliphatic heterocycles. The van der Waals surface area contributed by atoms with Crippen molar-refractivity contribution in [3.05, 3.63) is 29.8 Å². The minimum Gasteiger partial charge on any atom is -0.345 e. The van der Waals surface area contributed by atoms with Gasteiger partial charge in [-0.05, 0) is 30.9 Å². The van der Waals surface area contributed by atoms with Gasteiger partial charge in [-0.2, -0.15) is 0 Å². The highest BCUT2D eigenvalue weighted by Gasteiger charge is 2.24. The molecule has 128 valence electrons. The minimum atomic E-state index is -0.120. The molecule has 3 N–H and O–H groups in total. The van der Waals surface area contributed by atoms with Crippen LogP contribution in [0.5, 0.6) is 0 Å². The number of hydrogen-bond donors (Lipinski definition) is 2. The van der Waals surface area contributed by atoms with E-state index in [-0.39, 0.29) is 36.2 Å². The van der Waals surface area contributed by atoms with Gasteiger partial charge >= 0.3 is 0 Å². The summed E-state index contributed by atoms with van der Waals surface area (Å²) < 4.78 is 0. The van der Waals surface area contributed by atoms with E-state index in [1.807, 2.05) is 6.07 Å². The molecule has 2 rings (SSSR count). The number of para-hydroxylation sites is 1. The molecule has 2 atom stereocenters. The molecule has 1 aliphatic carbocycles. The van der Waals surface area contributed by atoms with Gasteiger partial charge in [0.2, 0.25) is 5.91 Å². The van der Waals surface area contributed by atoms with E-state index in [0.717, 1.165) is 25.7 Å². The number of carbonyl (C=O) groups is 2. The number of carbonyl (C=O) groups excluding carboxylic acids is 2. The van der Waals surface area contributed by atoms with E-state index < -0.39 is 0 Å². The summed E-state index contributed by atoms with van der Waals surface area (Å²) in [7, 11) is 3.39. The Morgan fingerprint density at radius 2 is 1.87 bits per heavy atom. The summed E-state index contributed by atoms with van der Waals surface area (Å²) in [5.41, 5.74) is 7.17. The van der Waals surface area contributed by atoms with Crippen LogP contribution in [0.1, 0.15) is 42.5 Å². The quantitative estimate of drug-likeness (QED) is 0.885. The van der Waals surface area contributed by atoms with Crippen molar-refractivity contribution in [2.24, 2.45) is 11.7 Å². The van der Waals surface area contributed by atoms with E-state index >= 15 is 0 Å². The molecule has 2 unspecified atom stereocenters. The SMILES string of the molecule is CN(C)C(=O)c1ccccc1NC(=O)CC1CCCCC1N.Cl. The Morgan fingerprint density at radius 1 is 1.22 bits per heavy atom. The molecule has 1 aliphatic rings. The van der Waals surface area contributed by atoms with E-state index in [1.54, 1.807) is 32.3 Å². The zero-order chi connectivity index (χ0) is 16.1. The minimum absolute atomic E-state index is 0. The molecule has 1 saturated carbocycles. The normalized spacial score (nSPS) is 20.3. The number of nitrogens with zero attached hydrogens (tertiary/aromatic N) is 1.